The zero-order valence-corrected chi connectivity index (χ0v) is 18.4. The smallest absolute Gasteiger partial charge is 0.252 e. The molecule has 0 aliphatic carbocycles. The Morgan fingerprint density at radius 1 is 1.27 bits per heavy atom. The molecule has 0 saturated carbocycles. The number of furan rings is 1. The molecule has 0 radical (unpaired) electrons. The number of tetrazole rings is 1. The van der Waals surface area contributed by atoms with Crippen LogP contribution in [0.1, 0.15) is 30.0 Å². The van der Waals surface area contributed by atoms with Crippen LogP contribution < -0.4 is 10.3 Å². The number of ether oxygens (including phenoxy) is 2. The fraction of sp³-hybridized carbons (Fsp3) is 0.391. The summed E-state index contributed by atoms with van der Waals surface area (Å²) in [5.41, 5.74) is 1.33. The molecule has 4 heterocycles. The molecule has 4 aromatic rings. The average molecular weight is 450 g/mol. The summed E-state index contributed by atoms with van der Waals surface area (Å²) < 4.78 is 18.4. The molecular formula is C23H26N6O4. The Bertz CT molecular complexity index is 1260. The lowest BCUT2D eigenvalue weighted by molar-refractivity contribution is 0.0663. The van der Waals surface area contributed by atoms with E-state index in [9.17, 15) is 4.79 Å². The van der Waals surface area contributed by atoms with Crippen LogP contribution in [0.4, 0.5) is 0 Å². The summed E-state index contributed by atoms with van der Waals surface area (Å²) in [4.78, 5) is 18.0. The van der Waals surface area contributed by atoms with Crippen molar-refractivity contribution in [2.75, 3.05) is 20.3 Å². The summed E-state index contributed by atoms with van der Waals surface area (Å²) in [5, 5.41) is 13.1. The molecule has 1 saturated heterocycles. The van der Waals surface area contributed by atoms with Crippen molar-refractivity contribution in [1.82, 2.24) is 30.1 Å². The number of hydrogen-bond donors (Lipinski definition) is 1. The maximum absolute atomic E-state index is 12.8. The highest BCUT2D eigenvalue weighted by atomic mass is 16.5. The lowest BCUT2D eigenvalue weighted by Crippen LogP contribution is -2.34. The number of fused-ring (bicyclic) bond motifs is 1. The fourth-order valence-corrected chi connectivity index (χ4v) is 4.19. The van der Waals surface area contributed by atoms with E-state index >= 15 is 0 Å². The largest absolute Gasteiger partial charge is 0.497 e. The molecule has 1 atom stereocenters. The van der Waals surface area contributed by atoms with Crippen molar-refractivity contribution >= 4 is 10.9 Å². The molecule has 0 unspecified atom stereocenters. The molecule has 3 aromatic heterocycles. The maximum atomic E-state index is 12.8. The first kappa shape index (κ1) is 21.4. The lowest BCUT2D eigenvalue weighted by atomic mass is 10.1. The Morgan fingerprint density at radius 2 is 2.21 bits per heavy atom. The summed E-state index contributed by atoms with van der Waals surface area (Å²) in [6, 6.07) is 11.3. The molecule has 5 rings (SSSR count). The third-order valence-electron chi connectivity index (χ3n) is 5.86. The van der Waals surface area contributed by atoms with Gasteiger partial charge in [0.05, 0.1) is 26.0 Å². The first-order valence-corrected chi connectivity index (χ1v) is 11.0. The van der Waals surface area contributed by atoms with E-state index in [1.807, 2.05) is 36.4 Å². The van der Waals surface area contributed by atoms with E-state index in [-0.39, 0.29) is 11.7 Å². The van der Waals surface area contributed by atoms with Gasteiger partial charge in [-0.2, -0.15) is 0 Å². The van der Waals surface area contributed by atoms with Crippen molar-refractivity contribution in [2.45, 2.75) is 38.6 Å². The van der Waals surface area contributed by atoms with E-state index < -0.39 is 0 Å². The van der Waals surface area contributed by atoms with Crippen LogP contribution in [0, 0.1) is 0 Å². The Labute approximate surface area is 190 Å². The van der Waals surface area contributed by atoms with Gasteiger partial charge in [0.15, 0.2) is 5.82 Å². The molecule has 10 nitrogen and oxygen atoms in total. The van der Waals surface area contributed by atoms with Gasteiger partial charge >= 0.3 is 0 Å². The van der Waals surface area contributed by atoms with Gasteiger partial charge in [0.2, 0.25) is 0 Å². The van der Waals surface area contributed by atoms with Crippen molar-refractivity contribution in [2.24, 2.45) is 0 Å². The van der Waals surface area contributed by atoms with E-state index in [1.54, 1.807) is 18.1 Å². The second-order valence-corrected chi connectivity index (χ2v) is 8.21. The van der Waals surface area contributed by atoms with E-state index in [1.165, 1.54) is 0 Å². The van der Waals surface area contributed by atoms with Gasteiger partial charge in [-0.25, -0.2) is 4.68 Å². The normalized spacial score (nSPS) is 16.1. The number of rotatable bonds is 9. The summed E-state index contributed by atoms with van der Waals surface area (Å²) in [6.07, 6.45) is 3.80. The van der Waals surface area contributed by atoms with E-state index in [0.29, 0.717) is 37.6 Å². The quantitative estimate of drug-likeness (QED) is 0.414. The minimum atomic E-state index is -0.111. The standard InChI is InChI=1S/C23H26N6O4/c1-31-18-6-7-21-16(11-18)10-17(23(30)24-21)12-28(13-19-4-2-8-32-19)15-22-25-26-27-29(22)14-20-5-3-9-33-20/h3,5-7,9-11,19H,2,4,8,12-15H2,1H3,(H,24,30)/t19-/m0/s1. The molecule has 1 aromatic carbocycles. The molecule has 33 heavy (non-hydrogen) atoms. The zero-order chi connectivity index (χ0) is 22.6. The number of nitrogens with zero attached hydrogens (tertiary/aromatic N) is 5. The Balaban J connectivity index is 1.41. The highest BCUT2D eigenvalue weighted by molar-refractivity contribution is 5.80. The van der Waals surface area contributed by atoms with Gasteiger partial charge in [0.25, 0.3) is 5.56 Å². The Morgan fingerprint density at radius 3 is 3.00 bits per heavy atom. The molecule has 1 aliphatic heterocycles. The SMILES string of the molecule is COc1ccc2[nH]c(=O)c(CN(Cc3nnnn3Cc3ccco3)C[C@@H]3CCCO3)cc2c1. The predicted octanol–water partition coefficient (Wildman–Crippen LogP) is 2.35. The Hall–Kier alpha value is -3.50. The predicted molar refractivity (Wildman–Crippen MR) is 120 cm³/mol. The number of H-pyrrole nitrogens is 1. The fourth-order valence-electron chi connectivity index (χ4n) is 4.19. The summed E-state index contributed by atoms with van der Waals surface area (Å²) in [5.74, 6) is 2.21. The van der Waals surface area contributed by atoms with Crippen molar-refractivity contribution in [3.05, 3.63) is 70.2 Å². The van der Waals surface area contributed by atoms with Crippen LogP contribution in [0.15, 0.2) is 51.9 Å². The van der Waals surface area contributed by atoms with E-state index in [2.05, 4.69) is 25.4 Å². The number of pyridine rings is 1. The van der Waals surface area contributed by atoms with Gasteiger partial charge in [0.1, 0.15) is 18.1 Å². The molecule has 1 aliphatic rings. The minimum Gasteiger partial charge on any atom is -0.497 e. The molecule has 1 N–H and O–H groups in total. The molecule has 0 spiro atoms. The third kappa shape index (κ3) is 4.96. The van der Waals surface area contributed by atoms with Gasteiger partial charge in [-0.05, 0) is 59.7 Å². The van der Waals surface area contributed by atoms with Crippen LogP contribution in [0.2, 0.25) is 0 Å². The van der Waals surface area contributed by atoms with Crippen LogP contribution in [0.3, 0.4) is 0 Å². The molecule has 172 valence electrons. The van der Waals surface area contributed by atoms with Gasteiger partial charge in [0, 0.05) is 36.2 Å². The second kappa shape index (κ2) is 9.55. The maximum Gasteiger partial charge on any atom is 0.252 e. The summed E-state index contributed by atoms with van der Waals surface area (Å²) in [6.45, 7) is 2.81. The number of aromatic amines is 1. The highest BCUT2D eigenvalue weighted by Crippen LogP contribution is 2.21. The topological polar surface area (TPSA) is 111 Å². The highest BCUT2D eigenvalue weighted by Gasteiger charge is 2.22. The third-order valence-corrected chi connectivity index (χ3v) is 5.86. The van der Waals surface area contributed by atoms with Crippen molar-refractivity contribution in [3.63, 3.8) is 0 Å². The molecule has 0 amide bonds. The van der Waals surface area contributed by atoms with Crippen molar-refractivity contribution in [1.29, 1.82) is 0 Å². The molecular weight excluding hydrogens is 424 g/mol. The number of aromatic nitrogens is 5. The van der Waals surface area contributed by atoms with Gasteiger partial charge in [-0.15, -0.1) is 5.10 Å². The lowest BCUT2D eigenvalue weighted by Gasteiger charge is -2.24. The van der Waals surface area contributed by atoms with Gasteiger partial charge in [-0.3, -0.25) is 9.69 Å². The van der Waals surface area contributed by atoms with Crippen LogP contribution in [-0.4, -0.2) is 56.5 Å². The van der Waals surface area contributed by atoms with Gasteiger partial charge in [-0.1, -0.05) is 0 Å². The summed E-state index contributed by atoms with van der Waals surface area (Å²) in [7, 11) is 1.63. The second-order valence-electron chi connectivity index (χ2n) is 8.21. The molecule has 0 bridgehead atoms. The average Bonchev–Trinajstić information content (AvgIpc) is 3.59. The number of nitrogens with one attached hydrogen (secondary N) is 1. The van der Waals surface area contributed by atoms with Crippen molar-refractivity contribution in [3.8, 4) is 5.75 Å². The summed E-state index contributed by atoms with van der Waals surface area (Å²) >= 11 is 0. The molecule has 1 fully saturated rings. The first-order valence-electron chi connectivity index (χ1n) is 11.0. The molecule has 10 heteroatoms. The number of hydrogen-bond acceptors (Lipinski definition) is 8. The van der Waals surface area contributed by atoms with Crippen LogP contribution >= 0.6 is 0 Å². The van der Waals surface area contributed by atoms with E-state index in [0.717, 1.165) is 41.9 Å². The first-order chi connectivity index (χ1) is 16.2. The number of methoxy groups -OCH3 is 1. The van der Waals surface area contributed by atoms with Crippen molar-refractivity contribution < 1.29 is 13.9 Å². The zero-order valence-electron chi connectivity index (χ0n) is 18.4. The monoisotopic (exact) mass is 450 g/mol. The minimum absolute atomic E-state index is 0.111. The van der Waals surface area contributed by atoms with E-state index in [4.69, 9.17) is 13.9 Å². The van der Waals surface area contributed by atoms with Crippen LogP contribution in [0.25, 0.3) is 10.9 Å². The van der Waals surface area contributed by atoms with Crippen LogP contribution in [0.5, 0.6) is 5.75 Å². The number of benzene rings is 1. The van der Waals surface area contributed by atoms with Gasteiger partial charge < -0.3 is 18.9 Å². The van der Waals surface area contributed by atoms with Crippen LogP contribution in [-0.2, 0) is 24.4 Å². The Kier molecular flexibility index (Phi) is 6.18.